The van der Waals surface area contributed by atoms with Crippen molar-refractivity contribution >= 4 is 11.6 Å². The van der Waals surface area contributed by atoms with E-state index in [1.54, 1.807) is 0 Å². The maximum absolute atomic E-state index is 12.5. The first-order valence-electron chi connectivity index (χ1n) is 7.31. The summed E-state index contributed by atoms with van der Waals surface area (Å²) < 4.78 is 0. The fourth-order valence-electron chi connectivity index (χ4n) is 2.99. The SMILES string of the molecule is N#CCCN(C1CC1)C1CCc2ccccc2NC1=O. The lowest BCUT2D eigenvalue weighted by atomic mass is 10.0. The molecule has 0 aromatic heterocycles. The third-order valence-electron chi connectivity index (χ3n) is 4.16. The number of hydrogen-bond acceptors (Lipinski definition) is 3. The van der Waals surface area contributed by atoms with Gasteiger partial charge in [-0.3, -0.25) is 9.69 Å². The number of aryl methyl sites for hydroxylation is 1. The lowest BCUT2D eigenvalue weighted by molar-refractivity contribution is -0.121. The lowest BCUT2D eigenvalue weighted by Crippen LogP contribution is -2.45. The molecule has 0 spiro atoms. The summed E-state index contributed by atoms with van der Waals surface area (Å²) in [7, 11) is 0. The molecule has 3 rings (SSSR count). The Hall–Kier alpha value is -1.86. The van der Waals surface area contributed by atoms with E-state index in [0.717, 1.165) is 31.4 Å². The maximum atomic E-state index is 12.5. The van der Waals surface area contributed by atoms with Crippen molar-refractivity contribution in [2.45, 2.75) is 44.2 Å². The van der Waals surface area contributed by atoms with Crippen LogP contribution in [0.2, 0.25) is 0 Å². The van der Waals surface area contributed by atoms with Gasteiger partial charge in [-0.05, 0) is 37.3 Å². The highest BCUT2D eigenvalue weighted by molar-refractivity contribution is 5.96. The van der Waals surface area contributed by atoms with Crippen molar-refractivity contribution in [3.05, 3.63) is 29.8 Å². The number of amides is 1. The number of nitriles is 1. The first-order chi connectivity index (χ1) is 9.79. The Bertz CT molecular complexity index is 545. The molecule has 1 N–H and O–H groups in total. The van der Waals surface area contributed by atoms with Gasteiger partial charge in [-0.15, -0.1) is 0 Å². The number of para-hydroxylation sites is 1. The van der Waals surface area contributed by atoms with Gasteiger partial charge in [0.1, 0.15) is 0 Å². The molecular formula is C16H19N3O. The molecule has 1 fully saturated rings. The number of fused-ring (bicyclic) bond motifs is 1. The molecule has 1 aliphatic carbocycles. The zero-order valence-corrected chi connectivity index (χ0v) is 11.5. The molecule has 1 aromatic carbocycles. The molecule has 1 aromatic rings. The minimum absolute atomic E-state index is 0.0831. The summed E-state index contributed by atoms with van der Waals surface area (Å²) in [6, 6.07) is 10.6. The molecule has 104 valence electrons. The van der Waals surface area contributed by atoms with Crippen molar-refractivity contribution < 1.29 is 4.79 Å². The average molecular weight is 269 g/mol. The van der Waals surface area contributed by atoms with E-state index in [-0.39, 0.29) is 11.9 Å². The highest BCUT2D eigenvalue weighted by Gasteiger charge is 2.37. The molecule has 4 nitrogen and oxygen atoms in total. The number of carbonyl (C=O) groups is 1. The van der Waals surface area contributed by atoms with Gasteiger partial charge < -0.3 is 5.32 Å². The molecule has 1 heterocycles. The van der Waals surface area contributed by atoms with Crippen molar-refractivity contribution in [3.8, 4) is 6.07 Å². The van der Waals surface area contributed by atoms with Crippen molar-refractivity contribution in [3.63, 3.8) is 0 Å². The van der Waals surface area contributed by atoms with E-state index in [0.29, 0.717) is 19.0 Å². The molecule has 1 atom stereocenters. The van der Waals surface area contributed by atoms with Gasteiger partial charge in [0.05, 0.1) is 12.1 Å². The number of hydrogen-bond donors (Lipinski definition) is 1. The Morgan fingerprint density at radius 1 is 1.30 bits per heavy atom. The largest absolute Gasteiger partial charge is 0.324 e. The molecule has 1 unspecified atom stereocenters. The van der Waals surface area contributed by atoms with Crippen LogP contribution in [0.3, 0.4) is 0 Å². The number of rotatable bonds is 4. The van der Waals surface area contributed by atoms with Gasteiger partial charge in [0, 0.05) is 24.7 Å². The Morgan fingerprint density at radius 2 is 2.10 bits per heavy atom. The Labute approximate surface area is 119 Å². The summed E-state index contributed by atoms with van der Waals surface area (Å²) in [6.45, 7) is 0.704. The van der Waals surface area contributed by atoms with Gasteiger partial charge in [0.25, 0.3) is 0 Å². The summed E-state index contributed by atoms with van der Waals surface area (Å²) in [5.74, 6) is 0.0831. The monoisotopic (exact) mass is 269 g/mol. The summed E-state index contributed by atoms with van der Waals surface area (Å²) in [4.78, 5) is 14.7. The normalized spacial score (nSPS) is 21.8. The van der Waals surface area contributed by atoms with Crippen LogP contribution >= 0.6 is 0 Å². The predicted molar refractivity (Wildman–Crippen MR) is 77.1 cm³/mol. The Kier molecular flexibility index (Phi) is 3.70. The van der Waals surface area contributed by atoms with Gasteiger partial charge in [0.2, 0.25) is 5.91 Å². The first kappa shape index (κ1) is 13.1. The molecular weight excluding hydrogens is 250 g/mol. The summed E-state index contributed by atoms with van der Waals surface area (Å²) in [5.41, 5.74) is 2.15. The van der Waals surface area contributed by atoms with Crippen LogP contribution in [0, 0.1) is 11.3 Å². The van der Waals surface area contributed by atoms with E-state index >= 15 is 0 Å². The lowest BCUT2D eigenvalue weighted by Gasteiger charge is -2.28. The van der Waals surface area contributed by atoms with E-state index in [1.807, 2.05) is 18.2 Å². The molecule has 0 saturated heterocycles. The van der Waals surface area contributed by atoms with Crippen LogP contribution in [0.25, 0.3) is 0 Å². The van der Waals surface area contributed by atoms with Crippen molar-refractivity contribution in [1.29, 1.82) is 5.26 Å². The van der Waals surface area contributed by atoms with Crippen LogP contribution in [0.1, 0.15) is 31.2 Å². The minimum atomic E-state index is -0.0942. The van der Waals surface area contributed by atoms with Gasteiger partial charge >= 0.3 is 0 Å². The van der Waals surface area contributed by atoms with Crippen molar-refractivity contribution in [2.75, 3.05) is 11.9 Å². The number of benzene rings is 1. The molecule has 0 bridgehead atoms. The van der Waals surface area contributed by atoms with Crippen LogP contribution < -0.4 is 5.32 Å². The number of nitrogens with one attached hydrogen (secondary N) is 1. The van der Waals surface area contributed by atoms with E-state index in [9.17, 15) is 4.79 Å². The second kappa shape index (κ2) is 5.64. The fraction of sp³-hybridized carbons (Fsp3) is 0.500. The van der Waals surface area contributed by atoms with E-state index in [2.05, 4.69) is 22.4 Å². The fourth-order valence-corrected chi connectivity index (χ4v) is 2.99. The maximum Gasteiger partial charge on any atom is 0.241 e. The van der Waals surface area contributed by atoms with Crippen molar-refractivity contribution in [2.24, 2.45) is 0 Å². The van der Waals surface area contributed by atoms with Crippen LogP contribution in [-0.2, 0) is 11.2 Å². The van der Waals surface area contributed by atoms with Crippen LogP contribution in [0.4, 0.5) is 5.69 Å². The second-order valence-corrected chi connectivity index (χ2v) is 5.58. The number of carbonyl (C=O) groups excluding carboxylic acids is 1. The van der Waals surface area contributed by atoms with Gasteiger partial charge in [0.15, 0.2) is 0 Å². The topological polar surface area (TPSA) is 56.1 Å². The van der Waals surface area contributed by atoms with E-state index in [4.69, 9.17) is 5.26 Å². The predicted octanol–water partition coefficient (Wildman–Crippen LogP) is 2.32. The van der Waals surface area contributed by atoms with Gasteiger partial charge in [-0.25, -0.2) is 0 Å². The summed E-state index contributed by atoms with van der Waals surface area (Å²) in [6.07, 6.45) is 4.55. The zero-order chi connectivity index (χ0) is 13.9. The van der Waals surface area contributed by atoms with Crippen molar-refractivity contribution in [1.82, 2.24) is 4.90 Å². The molecule has 4 heteroatoms. The molecule has 1 aliphatic heterocycles. The number of anilines is 1. The molecule has 0 radical (unpaired) electrons. The smallest absolute Gasteiger partial charge is 0.241 e. The summed E-state index contributed by atoms with van der Waals surface area (Å²) in [5, 5.41) is 11.9. The third-order valence-corrected chi connectivity index (χ3v) is 4.16. The zero-order valence-electron chi connectivity index (χ0n) is 11.5. The molecule has 1 amide bonds. The van der Waals surface area contributed by atoms with E-state index < -0.39 is 0 Å². The standard InChI is InChI=1S/C16H19N3O/c17-10-3-11-19(13-7-8-13)15-9-6-12-4-1-2-5-14(12)18-16(15)20/h1-2,4-5,13,15H,3,6-9,11H2,(H,18,20). The third kappa shape index (κ3) is 2.68. The Morgan fingerprint density at radius 3 is 2.85 bits per heavy atom. The molecule has 2 aliphatic rings. The minimum Gasteiger partial charge on any atom is -0.324 e. The van der Waals surface area contributed by atoms with Crippen LogP contribution in [0.5, 0.6) is 0 Å². The average Bonchev–Trinajstić information content (AvgIpc) is 3.28. The van der Waals surface area contributed by atoms with Gasteiger partial charge in [-0.1, -0.05) is 18.2 Å². The summed E-state index contributed by atoms with van der Waals surface area (Å²) >= 11 is 0. The van der Waals surface area contributed by atoms with Crippen LogP contribution in [-0.4, -0.2) is 29.4 Å². The number of nitrogens with zero attached hydrogens (tertiary/aromatic N) is 2. The van der Waals surface area contributed by atoms with Gasteiger partial charge in [-0.2, -0.15) is 5.26 Å². The van der Waals surface area contributed by atoms with Crippen LogP contribution in [0.15, 0.2) is 24.3 Å². The highest BCUT2D eigenvalue weighted by Crippen LogP contribution is 2.32. The first-order valence-corrected chi connectivity index (χ1v) is 7.31. The Balaban J connectivity index is 1.77. The quantitative estimate of drug-likeness (QED) is 0.912. The molecule has 1 saturated carbocycles. The molecule has 20 heavy (non-hydrogen) atoms. The second-order valence-electron chi connectivity index (χ2n) is 5.58. The highest BCUT2D eigenvalue weighted by atomic mass is 16.2. The van der Waals surface area contributed by atoms with E-state index in [1.165, 1.54) is 5.56 Å².